The highest BCUT2D eigenvalue weighted by Gasteiger charge is 2.40. The lowest BCUT2D eigenvalue weighted by Gasteiger charge is -2.33. The number of likely N-dealkylation sites (N-methyl/N-ethyl adjacent to an activating group) is 1. The molecule has 1 N–H and O–H groups in total. The van der Waals surface area contributed by atoms with Crippen LogP contribution in [-0.4, -0.2) is 55.4 Å². The fraction of sp³-hybridized carbons (Fsp3) is 0.923. The molecule has 1 aliphatic carbocycles. The molecule has 4 nitrogen and oxygen atoms in total. The quantitative estimate of drug-likeness (QED) is 0.695. The van der Waals surface area contributed by atoms with Crippen LogP contribution in [-0.2, 0) is 9.53 Å². The second kappa shape index (κ2) is 6.76. The van der Waals surface area contributed by atoms with Gasteiger partial charge in [0.15, 0.2) is 0 Å². The van der Waals surface area contributed by atoms with Crippen molar-refractivity contribution in [1.29, 1.82) is 0 Å². The highest BCUT2D eigenvalue weighted by molar-refractivity contribution is 5.80. The SMILES string of the molecule is CCOC(=O)C(C)(CN(C)CCC(F)(F)F)NC1CC1. The van der Waals surface area contributed by atoms with Gasteiger partial charge in [0.2, 0.25) is 0 Å². The summed E-state index contributed by atoms with van der Waals surface area (Å²) in [6, 6.07) is 0.264. The van der Waals surface area contributed by atoms with Gasteiger partial charge in [0.25, 0.3) is 0 Å². The van der Waals surface area contributed by atoms with Crippen LogP contribution >= 0.6 is 0 Å². The number of rotatable bonds is 8. The van der Waals surface area contributed by atoms with Crippen LogP contribution in [0, 0.1) is 0 Å². The Labute approximate surface area is 117 Å². The van der Waals surface area contributed by atoms with E-state index in [2.05, 4.69) is 5.32 Å². The Kier molecular flexibility index (Phi) is 5.82. The van der Waals surface area contributed by atoms with E-state index in [-0.39, 0.29) is 25.7 Å². The molecule has 0 spiro atoms. The topological polar surface area (TPSA) is 41.6 Å². The van der Waals surface area contributed by atoms with E-state index < -0.39 is 24.1 Å². The van der Waals surface area contributed by atoms with Gasteiger partial charge in [-0.1, -0.05) is 0 Å². The van der Waals surface area contributed by atoms with Crippen molar-refractivity contribution >= 4 is 5.97 Å². The fourth-order valence-corrected chi connectivity index (χ4v) is 2.07. The summed E-state index contributed by atoms with van der Waals surface area (Å²) in [5.41, 5.74) is -0.961. The van der Waals surface area contributed by atoms with E-state index in [1.807, 2.05) is 0 Å². The molecule has 0 heterocycles. The minimum absolute atomic E-state index is 0.134. The predicted octanol–water partition coefficient (Wildman–Crippen LogP) is 1.94. The zero-order chi connectivity index (χ0) is 15.4. The molecule has 1 unspecified atom stereocenters. The summed E-state index contributed by atoms with van der Waals surface area (Å²) in [5, 5.41) is 3.18. The van der Waals surface area contributed by atoms with Gasteiger partial charge in [0.05, 0.1) is 13.0 Å². The summed E-state index contributed by atoms with van der Waals surface area (Å²) in [6.07, 6.45) is -3.09. The monoisotopic (exact) mass is 296 g/mol. The van der Waals surface area contributed by atoms with Gasteiger partial charge < -0.3 is 9.64 Å². The number of esters is 1. The molecule has 1 saturated carbocycles. The van der Waals surface area contributed by atoms with Crippen molar-refractivity contribution in [2.75, 3.05) is 26.7 Å². The minimum Gasteiger partial charge on any atom is -0.465 e. The molecule has 1 aliphatic rings. The standard InChI is InChI=1S/C13H23F3N2O2/c1-4-20-11(19)12(2,17-10-5-6-10)9-18(3)8-7-13(14,15)16/h10,17H,4-9H2,1-3H3. The molecule has 0 aromatic rings. The first-order valence-corrected chi connectivity index (χ1v) is 6.86. The number of nitrogens with one attached hydrogen (secondary N) is 1. The van der Waals surface area contributed by atoms with Gasteiger partial charge >= 0.3 is 12.1 Å². The van der Waals surface area contributed by atoms with Crippen LogP contribution in [0.3, 0.4) is 0 Å². The molecule has 7 heteroatoms. The molecule has 118 valence electrons. The first-order valence-electron chi connectivity index (χ1n) is 6.86. The van der Waals surface area contributed by atoms with Gasteiger partial charge in [-0.2, -0.15) is 13.2 Å². The van der Waals surface area contributed by atoms with E-state index in [4.69, 9.17) is 4.74 Å². The summed E-state index contributed by atoms with van der Waals surface area (Å²) < 4.78 is 41.7. The molecule has 0 saturated heterocycles. The Morgan fingerprint density at radius 2 is 2.00 bits per heavy atom. The third-order valence-corrected chi connectivity index (χ3v) is 3.19. The molecule has 0 radical (unpaired) electrons. The molecule has 20 heavy (non-hydrogen) atoms. The van der Waals surface area contributed by atoms with Crippen LogP contribution < -0.4 is 5.32 Å². The zero-order valence-corrected chi connectivity index (χ0v) is 12.2. The minimum atomic E-state index is -4.18. The van der Waals surface area contributed by atoms with Crippen LogP contribution in [0.25, 0.3) is 0 Å². The Bertz CT molecular complexity index is 332. The van der Waals surface area contributed by atoms with Gasteiger partial charge in [-0.05, 0) is 33.7 Å². The van der Waals surface area contributed by atoms with Crippen molar-refractivity contribution < 1.29 is 22.7 Å². The fourth-order valence-electron chi connectivity index (χ4n) is 2.07. The molecule has 0 aliphatic heterocycles. The van der Waals surface area contributed by atoms with Crippen LogP contribution in [0.4, 0.5) is 13.2 Å². The summed E-state index contributed by atoms with van der Waals surface area (Å²) in [6.45, 7) is 3.71. The first kappa shape index (κ1) is 17.2. The van der Waals surface area contributed by atoms with Gasteiger partial charge in [-0.3, -0.25) is 10.1 Å². The maximum atomic E-state index is 12.2. The second-order valence-electron chi connectivity index (χ2n) is 5.57. The smallest absolute Gasteiger partial charge is 0.390 e. The molecule has 0 bridgehead atoms. The van der Waals surface area contributed by atoms with Crippen LogP contribution in [0.2, 0.25) is 0 Å². The highest BCUT2D eigenvalue weighted by Crippen LogP contribution is 2.24. The Morgan fingerprint density at radius 1 is 1.40 bits per heavy atom. The molecule has 0 amide bonds. The summed E-state index contributed by atoms with van der Waals surface area (Å²) in [5.74, 6) is -0.411. The Morgan fingerprint density at radius 3 is 2.45 bits per heavy atom. The lowest BCUT2D eigenvalue weighted by Crippen LogP contribution is -2.58. The van der Waals surface area contributed by atoms with Gasteiger partial charge in [-0.15, -0.1) is 0 Å². The van der Waals surface area contributed by atoms with Crippen molar-refractivity contribution in [1.82, 2.24) is 10.2 Å². The summed E-state index contributed by atoms with van der Waals surface area (Å²) in [4.78, 5) is 13.5. The molecule has 1 fully saturated rings. The van der Waals surface area contributed by atoms with Crippen molar-refractivity contribution in [3.05, 3.63) is 0 Å². The van der Waals surface area contributed by atoms with E-state index >= 15 is 0 Å². The highest BCUT2D eigenvalue weighted by atomic mass is 19.4. The van der Waals surface area contributed by atoms with E-state index in [1.165, 1.54) is 4.90 Å². The Hall–Kier alpha value is -0.820. The van der Waals surface area contributed by atoms with E-state index in [0.29, 0.717) is 0 Å². The molecule has 0 aromatic carbocycles. The van der Waals surface area contributed by atoms with Crippen molar-refractivity contribution in [3.63, 3.8) is 0 Å². The average molecular weight is 296 g/mol. The van der Waals surface area contributed by atoms with Gasteiger partial charge in [0.1, 0.15) is 5.54 Å². The van der Waals surface area contributed by atoms with Gasteiger partial charge in [-0.25, -0.2) is 0 Å². The largest absolute Gasteiger partial charge is 0.465 e. The van der Waals surface area contributed by atoms with Crippen LogP contribution in [0.15, 0.2) is 0 Å². The predicted molar refractivity (Wildman–Crippen MR) is 69.4 cm³/mol. The van der Waals surface area contributed by atoms with Crippen LogP contribution in [0.1, 0.15) is 33.1 Å². The second-order valence-corrected chi connectivity index (χ2v) is 5.57. The van der Waals surface area contributed by atoms with Crippen molar-refractivity contribution in [3.8, 4) is 0 Å². The van der Waals surface area contributed by atoms with E-state index in [9.17, 15) is 18.0 Å². The Balaban J connectivity index is 2.56. The molecular formula is C13H23F3N2O2. The number of carbonyl (C=O) groups is 1. The zero-order valence-electron chi connectivity index (χ0n) is 12.2. The van der Waals surface area contributed by atoms with Crippen molar-refractivity contribution in [2.24, 2.45) is 0 Å². The maximum Gasteiger partial charge on any atom is 0.390 e. The molecule has 0 aromatic heterocycles. The normalized spacial score (nSPS) is 18.9. The lowest BCUT2D eigenvalue weighted by atomic mass is 10.0. The van der Waals surface area contributed by atoms with E-state index in [0.717, 1.165) is 12.8 Å². The number of hydrogen-bond donors (Lipinski definition) is 1. The van der Waals surface area contributed by atoms with E-state index in [1.54, 1.807) is 20.9 Å². The molecule has 1 atom stereocenters. The van der Waals surface area contributed by atoms with Crippen LogP contribution in [0.5, 0.6) is 0 Å². The first-order chi connectivity index (χ1) is 9.16. The van der Waals surface area contributed by atoms with Crippen molar-refractivity contribution in [2.45, 2.75) is 50.9 Å². The lowest BCUT2D eigenvalue weighted by molar-refractivity contribution is -0.152. The van der Waals surface area contributed by atoms with Gasteiger partial charge in [0, 0.05) is 19.1 Å². The molecule has 1 rings (SSSR count). The number of carbonyl (C=O) groups excluding carboxylic acids is 1. The number of ether oxygens (including phenoxy) is 1. The number of hydrogen-bond acceptors (Lipinski definition) is 4. The number of halogens is 3. The number of nitrogens with zero attached hydrogens (tertiary/aromatic N) is 1. The third-order valence-electron chi connectivity index (χ3n) is 3.19. The third kappa shape index (κ3) is 6.09. The molecular weight excluding hydrogens is 273 g/mol. The maximum absolute atomic E-state index is 12.2. The average Bonchev–Trinajstić information content (AvgIpc) is 3.09. The summed E-state index contributed by atoms with van der Waals surface area (Å²) >= 11 is 0. The number of alkyl halides is 3. The summed E-state index contributed by atoms with van der Waals surface area (Å²) in [7, 11) is 1.58.